The third-order valence-electron chi connectivity index (χ3n) is 2.77. The normalized spacial score (nSPS) is 21.6. The summed E-state index contributed by atoms with van der Waals surface area (Å²) >= 11 is 3.03. The van der Waals surface area contributed by atoms with Gasteiger partial charge in [0, 0.05) is 25.2 Å². The van der Waals surface area contributed by atoms with Crippen molar-refractivity contribution in [1.82, 2.24) is 4.90 Å². The van der Waals surface area contributed by atoms with Gasteiger partial charge in [-0.15, -0.1) is 0 Å². The largest absolute Gasteiger partial charge is 0.392 e. The van der Waals surface area contributed by atoms with Crippen LogP contribution < -0.4 is 0 Å². The fraction of sp³-hybridized carbons (Fsp3) is 0.455. The van der Waals surface area contributed by atoms with E-state index in [4.69, 9.17) is 0 Å². The van der Waals surface area contributed by atoms with E-state index in [-0.39, 0.29) is 22.7 Å². The zero-order valence-electron chi connectivity index (χ0n) is 8.59. The molecular formula is C11H12BrF2NO. The topological polar surface area (TPSA) is 23.5 Å². The van der Waals surface area contributed by atoms with Crippen LogP contribution in [0.5, 0.6) is 0 Å². The quantitative estimate of drug-likeness (QED) is 0.845. The van der Waals surface area contributed by atoms with Crippen LogP contribution in [0.4, 0.5) is 8.78 Å². The number of aliphatic hydroxyl groups is 1. The Morgan fingerprint density at radius 3 is 2.81 bits per heavy atom. The number of β-amino-alcohol motifs (C(OH)–C–C–N with tert-alkyl or cyclic N) is 1. The summed E-state index contributed by atoms with van der Waals surface area (Å²) in [6.45, 7) is 1.35. The second-order valence-electron chi connectivity index (χ2n) is 4.00. The van der Waals surface area contributed by atoms with Crippen molar-refractivity contribution in [3.05, 3.63) is 33.8 Å². The minimum Gasteiger partial charge on any atom is -0.392 e. The van der Waals surface area contributed by atoms with Crippen molar-refractivity contribution in [2.75, 3.05) is 13.1 Å². The van der Waals surface area contributed by atoms with Crippen molar-refractivity contribution in [2.24, 2.45) is 0 Å². The summed E-state index contributed by atoms with van der Waals surface area (Å²) in [5, 5.41) is 9.33. The first kappa shape index (κ1) is 12.0. The Hall–Kier alpha value is -0.520. The highest BCUT2D eigenvalue weighted by Crippen LogP contribution is 2.24. The molecular weight excluding hydrogens is 280 g/mol. The first-order valence-electron chi connectivity index (χ1n) is 5.10. The number of nitrogens with zero attached hydrogens (tertiary/aromatic N) is 1. The molecule has 1 aliphatic rings. The van der Waals surface area contributed by atoms with Gasteiger partial charge in [-0.25, -0.2) is 8.78 Å². The maximum absolute atomic E-state index is 13.6. The molecule has 2 nitrogen and oxygen atoms in total. The predicted octanol–water partition coefficient (Wildman–Crippen LogP) is 2.29. The number of hydrogen-bond donors (Lipinski definition) is 1. The summed E-state index contributed by atoms with van der Waals surface area (Å²) in [6.07, 6.45) is 0.287. The lowest BCUT2D eigenvalue weighted by Gasteiger charge is -2.16. The highest BCUT2D eigenvalue weighted by Gasteiger charge is 2.23. The zero-order valence-corrected chi connectivity index (χ0v) is 10.2. The van der Waals surface area contributed by atoms with Crippen LogP contribution in [0.3, 0.4) is 0 Å². The summed E-state index contributed by atoms with van der Waals surface area (Å²) in [5.74, 6) is -1.09. The van der Waals surface area contributed by atoms with Crippen LogP contribution in [0.15, 0.2) is 16.6 Å². The molecule has 0 saturated carbocycles. The third kappa shape index (κ3) is 2.42. The van der Waals surface area contributed by atoms with Crippen LogP contribution in [0.2, 0.25) is 0 Å². The van der Waals surface area contributed by atoms with Crippen LogP contribution in [0, 0.1) is 11.6 Å². The van der Waals surface area contributed by atoms with Crippen molar-refractivity contribution in [2.45, 2.75) is 19.1 Å². The van der Waals surface area contributed by atoms with Gasteiger partial charge in [0.15, 0.2) is 0 Å². The Kier molecular flexibility index (Phi) is 3.56. The molecule has 0 spiro atoms. The lowest BCUT2D eigenvalue weighted by atomic mass is 10.2. The first-order valence-corrected chi connectivity index (χ1v) is 5.90. The van der Waals surface area contributed by atoms with Crippen molar-refractivity contribution in [1.29, 1.82) is 0 Å². The number of likely N-dealkylation sites (tertiary alicyclic amines) is 1. The standard InChI is InChI=1S/C11H12BrF2NO/c12-9-1-2-10(13)8(11(9)14)6-15-4-3-7(16)5-15/h1-2,7,16H,3-6H2. The SMILES string of the molecule is OC1CCN(Cc2c(F)ccc(Br)c2F)C1. The minimum atomic E-state index is -0.554. The molecule has 0 radical (unpaired) electrons. The minimum absolute atomic E-state index is 0.0588. The maximum Gasteiger partial charge on any atom is 0.144 e. The summed E-state index contributed by atoms with van der Waals surface area (Å²) in [5.41, 5.74) is 0.0588. The Morgan fingerprint density at radius 2 is 2.19 bits per heavy atom. The molecule has 0 bridgehead atoms. The van der Waals surface area contributed by atoms with Gasteiger partial charge in [-0.3, -0.25) is 4.90 Å². The van der Waals surface area contributed by atoms with E-state index in [0.717, 1.165) is 0 Å². The van der Waals surface area contributed by atoms with E-state index in [1.54, 1.807) is 0 Å². The van der Waals surface area contributed by atoms with E-state index in [2.05, 4.69) is 15.9 Å². The van der Waals surface area contributed by atoms with E-state index >= 15 is 0 Å². The van der Waals surface area contributed by atoms with Gasteiger partial charge in [0.2, 0.25) is 0 Å². The fourth-order valence-electron chi connectivity index (χ4n) is 1.89. The van der Waals surface area contributed by atoms with Gasteiger partial charge in [0.05, 0.1) is 10.6 Å². The van der Waals surface area contributed by atoms with Gasteiger partial charge in [-0.2, -0.15) is 0 Å². The number of aliphatic hydroxyl groups excluding tert-OH is 1. The molecule has 0 aliphatic carbocycles. The molecule has 1 aromatic rings. The lowest BCUT2D eigenvalue weighted by molar-refractivity contribution is 0.174. The average molecular weight is 292 g/mol. The van der Waals surface area contributed by atoms with E-state index in [1.807, 2.05) is 4.90 Å². The van der Waals surface area contributed by atoms with Gasteiger partial charge < -0.3 is 5.11 Å². The number of rotatable bonds is 2. The Bertz CT molecular complexity index is 400. The van der Waals surface area contributed by atoms with E-state index < -0.39 is 11.6 Å². The van der Waals surface area contributed by atoms with Crippen molar-refractivity contribution >= 4 is 15.9 Å². The molecule has 1 unspecified atom stereocenters. The van der Waals surface area contributed by atoms with Crippen LogP contribution in [-0.4, -0.2) is 29.2 Å². The maximum atomic E-state index is 13.6. The van der Waals surface area contributed by atoms with Crippen LogP contribution in [0.25, 0.3) is 0 Å². The van der Waals surface area contributed by atoms with Crippen LogP contribution in [-0.2, 0) is 6.54 Å². The molecule has 16 heavy (non-hydrogen) atoms. The number of benzene rings is 1. The van der Waals surface area contributed by atoms with Crippen LogP contribution in [0.1, 0.15) is 12.0 Å². The highest BCUT2D eigenvalue weighted by molar-refractivity contribution is 9.10. The van der Waals surface area contributed by atoms with E-state index in [1.165, 1.54) is 12.1 Å². The molecule has 5 heteroatoms. The molecule has 88 valence electrons. The number of halogens is 3. The fourth-order valence-corrected chi connectivity index (χ4v) is 2.26. The molecule has 0 aromatic heterocycles. The van der Waals surface area contributed by atoms with Crippen molar-refractivity contribution in [3.8, 4) is 0 Å². The Morgan fingerprint density at radius 1 is 1.44 bits per heavy atom. The van der Waals surface area contributed by atoms with Gasteiger partial charge in [-0.1, -0.05) is 0 Å². The van der Waals surface area contributed by atoms with Crippen molar-refractivity contribution in [3.63, 3.8) is 0 Å². The smallest absolute Gasteiger partial charge is 0.144 e. The second kappa shape index (κ2) is 4.77. The summed E-state index contributed by atoms with van der Waals surface area (Å²) in [7, 11) is 0. The van der Waals surface area contributed by atoms with Gasteiger partial charge >= 0.3 is 0 Å². The Balaban J connectivity index is 2.18. The van der Waals surface area contributed by atoms with Gasteiger partial charge in [-0.05, 0) is 34.5 Å². The lowest BCUT2D eigenvalue weighted by Crippen LogP contribution is -2.22. The van der Waals surface area contributed by atoms with Gasteiger partial charge in [0.25, 0.3) is 0 Å². The molecule has 1 aromatic carbocycles. The second-order valence-corrected chi connectivity index (χ2v) is 4.85. The molecule has 1 N–H and O–H groups in total. The molecule has 1 fully saturated rings. The summed E-state index contributed by atoms with van der Waals surface area (Å²) in [6, 6.07) is 2.60. The Labute approximate surface area is 101 Å². The molecule has 1 heterocycles. The number of hydrogen-bond acceptors (Lipinski definition) is 2. The van der Waals surface area contributed by atoms with E-state index in [9.17, 15) is 13.9 Å². The van der Waals surface area contributed by atoms with E-state index in [0.29, 0.717) is 19.5 Å². The molecule has 1 atom stereocenters. The van der Waals surface area contributed by atoms with Gasteiger partial charge in [0.1, 0.15) is 11.6 Å². The zero-order chi connectivity index (χ0) is 11.7. The predicted molar refractivity (Wildman–Crippen MR) is 60.0 cm³/mol. The van der Waals surface area contributed by atoms with Crippen molar-refractivity contribution < 1.29 is 13.9 Å². The van der Waals surface area contributed by atoms with Crippen LogP contribution >= 0.6 is 15.9 Å². The highest BCUT2D eigenvalue weighted by atomic mass is 79.9. The first-order chi connectivity index (χ1) is 7.58. The molecule has 0 amide bonds. The summed E-state index contributed by atoms with van der Waals surface area (Å²) < 4.78 is 27.3. The molecule has 1 aliphatic heterocycles. The average Bonchev–Trinajstić information content (AvgIpc) is 2.65. The molecule has 1 saturated heterocycles. The monoisotopic (exact) mass is 291 g/mol. The summed E-state index contributed by atoms with van der Waals surface area (Å²) in [4.78, 5) is 1.85. The third-order valence-corrected chi connectivity index (χ3v) is 3.38. The molecule has 2 rings (SSSR count).